The minimum absolute atomic E-state index is 0.0566. The SMILES string of the molecule is CN(Cc1cccc(O)c1)C(=O)c1ccc(O)c(Cl)c1. The number of phenols is 2. The number of hydrogen-bond donors (Lipinski definition) is 2. The third kappa shape index (κ3) is 3.22. The van der Waals surface area contributed by atoms with Crippen molar-refractivity contribution in [3.8, 4) is 11.5 Å². The van der Waals surface area contributed by atoms with Crippen LogP contribution in [0.2, 0.25) is 5.02 Å². The van der Waals surface area contributed by atoms with Crippen LogP contribution >= 0.6 is 11.6 Å². The Kier molecular flexibility index (Phi) is 4.15. The molecule has 0 radical (unpaired) electrons. The van der Waals surface area contributed by atoms with Gasteiger partial charge in [-0.25, -0.2) is 0 Å². The zero-order chi connectivity index (χ0) is 14.7. The van der Waals surface area contributed by atoms with Crippen molar-refractivity contribution in [2.75, 3.05) is 7.05 Å². The molecule has 2 aromatic carbocycles. The van der Waals surface area contributed by atoms with Gasteiger partial charge < -0.3 is 15.1 Å². The van der Waals surface area contributed by atoms with Gasteiger partial charge in [0.25, 0.3) is 5.91 Å². The maximum atomic E-state index is 12.2. The van der Waals surface area contributed by atoms with E-state index >= 15 is 0 Å². The molecule has 0 bridgehead atoms. The van der Waals surface area contributed by atoms with Gasteiger partial charge in [0.1, 0.15) is 11.5 Å². The van der Waals surface area contributed by atoms with Crippen molar-refractivity contribution in [3.63, 3.8) is 0 Å². The van der Waals surface area contributed by atoms with E-state index in [4.69, 9.17) is 11.6 Å². The van der Waals surface area contributed by atoms with Crippen LogP contribution in [-0.2, 0) is 6.54 Å². The van der Waals surface area contributed by atoms with Gasteiger partial charge in [0.05, 0.1) is 5.02 Å². The quantitative estimate of drug-likeness (QED) is 0.914. The molecule has 0 aromatic heterocycles. The molecule has 104 valence electrons. The Bertz CT molecular complexity index is 643. The van der Waals surface area contributed by atoms with E-state index in [1.165, 1.54) is 23.1 Å². The Hall–Kier alpha value is -2.20. The average Bonchev–Trinajstić information content (AvgIpc) is 2.41. The topological polar surface area (TPSA) is 60.8 Å². The lowest BCUT2D eigenvalue weighted by Gasteiger charge is -2.17. The molecule has 0 fully saturated rings. The summed E-state index contributed by atoms with van der Waals surface area (Å²) >= 11 is 5.79. The third-order valence-corrected chi connectivity index (χ3v) is 3.17. The first-order valence-electron chi connectivity index (χ1n) is 5.99. The lowest BCUT2D eigenvalue weighted by atomic mass is 10.1. The minimum atomic E-state index is -0.213. The number of hydrogen-bond acceptors (Lipinski definition) is 3. The summed E-state index contributed by atoms with van der Waals surface area (Å²) in [6.45, 7) is 0.367. The smallest absolute Gasteiger partial charge is 0.253 e. The minimum Gasteiger partial charge on any atom is -0.508 e. The normalized spacial score (nSPS) is 10.3. The number of phenolic OH excluding ortho intramolecular Hbond substituents is 2. The van der Waals surface area contributed by atoms with Crippen molar-refractivity contribution in [1.29, 1.82) is 0 Å². The summed E-state index contributed by atoms with van der Waals surface area (Å²) in [5.74, 6) is -0.106. The molecule has 0 heterocycles. The van der Waals surface area contributed by atoms with Crippen molar-refractivity contribution in [2.24, 2.45) is 0 Å². The molecule has 2 N–H and O–H groups in total. The van der Waals surface area contributed by atoms with Crippen LogP contribution in [0.4, 0.5) is 0 Å². The molecular formula is C15H14ClNO3. The molecule has 4 nitrogen and oxygen atoms in total. The molecule has 0 spiro atoms. The highest BCUT2D eigenvalue weighted by molar-refractivity contribution is 6.32. The van der Waals surface area contributed by atoms with Crippen molar-refractivity contribution in [2.45, 2.75) is 6.54 Å². The molecular weight excluding hydrogens is 278 g/mol. The van der Waals surface area contributed by atoms with Gasteiger partial charge in [-0.1, -0.05) is 23.7 Å². The zero-order valence-corrected chi connectivity index (χ0v) is 11.6. The molecule has 5 heteroatoms. The average molecular weight is 292 g/mol. The van der Waals surface area contributed by atoms with Gasteiger partial charge in [-0.2, -0.15) is 0 Å². The molecule has 0 saturated carbocycles. The monoisotopic (exact) mass is 291 g/mol. The van der Waals surface area contributed by atoms with Crippen molar-refractivity contribution in [1.82, 2.24) is 4.90 Å². The number of benzene rings is 2. The Morgan fingerprint density at radius 3 is 2.60 bits per heavy atom. The summed E-state index contributed by atoms with van der Waals surface area (Å²) in [7, 11) is 1.66. The molecule has 0 aliphatic rings. The Morgan fingerprint density at radius 2 is 1.95 bits per heavy atom. The fourth-order valence-corrected chi connectivity index (χ4v) is 2.04. The van der Waals surface area contributed by atoms with Gasteiger partial charge in [0, 0.05) is 19.2 Å². The number of carbonyl (C=O) groups is 1. The highest BCUT2D eigenvalue weighted by Crippen LogP contribution is 2.24. The number of carbonyl (C=O) groups excluding carboxylic acids is 1. The van der Waals surface area contributed by atoms with E-state index in [1.54, 1.807) is 25.2 Å². The largest absolute Gasteiger partial charge is 0.508 e. The van der Waals surface area contributed by atoms with Gasteiger partial charge >= 0.3 is 0 Å². The number of halogens is 1. The predicted octanol–water partition coefficient (Wildman–Crippen LogP) is 3.02. The van der Waals surface area contributed by atoms with Crippen LogP contribution in [0.25, 0.3) is 0 Å². The summed E-state index contributed by atoms with van der Waals surface area (Å²) < 4.78 is 0. The maximum absolute atomic E-state index is 12.2. The van der Waals surface area contributed by atoms with E-state index in [9.17, 15) is 15.0 Å². The molecule has 1 amide bonds. The van der Waals surface area contributed by atoms with Crippen molar-refractivity contribution in [3.05, 3.63) is 58.6 Å². The molecule has 0 aliphatic heterocycles. The lowest BCUT2D eigenvalue weighted by Crippen LogP contribution is -2.26. The highest BCUT2D eigenvalue weighted by atomic mass is 35.5. The van der Waals surface area contributed by atoms with Crippen molar-refractivity contribution >= 4 is 17.5 Å². The van der Waals surface area contributed by atoms with E-state index in [0.29, 0.717) is 12.1 Å². The molecule has 2 aromatic rings. The second kappa shape index (κ2) is 5.84. The molecule has 0 saturated heterocycles. The first kappa shape index (κ1) is 14.2. The number of rotatable bonds is 3. The Balaban J connectivity index is 2.14. The van der Waals surface area contributed by atoms with Crippen molar-refractivity contribution < 1.29 is 15.0 Å². The van der Waals surface area contributed by atoms with Crippen LogP contribution in [0.15, 0.2) is 42.5 Å². The van der Waals surface area contributed by atoms with E-state index in [1.807, 2.05) is 6.07 Å². The predicted molar refractivity (Wildman–Crippen MR) is 77.0 cm³/mol. The fraction of sp³-hybridized carbons (Fsp3) is 0.133. The molecule has 0 unspecified atom stereocenters. The number of nitrogens with zero attached hydrogens (tertiary/aromatic N) is 1. The lowest BCUT2D eigenvalue weighted by molar-refractivity contribution is 0.0785. The number of aromatic hydroxyl groups is 2. The Labute approximate surface area is 121 Å². The van der Waals surface area contributed by atoms with Gasteiger partial charge in [0.15, 0.2) is 0 Å². The summed E-state index contributed by atoms with van der Waals surface area (Å²) in [5, 5.41) is 18.9. The first-order chi connectivity index (χ1) is 9.47. The summed E-state index contributed by atoms with van der Waals surface area (Å²) in [6, 6.07) is 11.1. The van der Waals surface area contributed by atoms with E-state index in [0.717, 1.165) is 5.56 Å². The van der Waals surface area contributed by atoms with E-state index in [-0.39, 0.29) is 22.4 Å². The van der Waals surface area contributed by atoms with Gasteiger partial charge in [-0.15, -0.1) is 0 Å². The van der Waals surface area contributed by atoms with Gasteiger partial charge in [-0.05, 0) is 35.9 Å². The number of amides is 1. The third-order valence-electron chi connectivity index (χ3n) is 2.87. The van der Waals surface area contributed by atoms with Crippen LogP contribution in [0.5, 0.6) is 11.5 Å². The van der Waals surface area contributed by atoms with E-state index < -0.39 is 0 Å². The second-order valence-electron chi connectivity index (χ2n) is 4.50. The maximum Gasteiger partial charge on any atom is 0.253 e. The molecule has 2 rings (SSSR count). The summed E-state index contributed by atoms with van der Waals surface area (Å²) in [4.78, 5) is 13.7. The Morgan fingerprint density at radius 1 is 1.20 bits per heavy atom. The van der Waals surface area contributed by atoms with Crippen LogP contribution in [0.1, 0.15) is 15.9 Å². The summed E-state index contributed by atoms with van der Waals surface area (Å²) in [6.07, 6.45) is 0. The van der Waals surface area contributed by atoms with Crippen LogP contribution in [0.3, 0.4) is 0 Å². The first-order valence-corrected chi connectivity index (χ1v) is 6.37. The van der Waals surface area contributed by atoms with Crippen LogP contribution in [-0.4, -0.2) is 28.1 Å². The highest BCUT2D eigenvalue weighted by Gasteiger charge is 2.13. The van der Waals surface area contributed by atoms with Crippen LogP contribution < -0.4 is 0 Å². The van der Waals surface area contributed by atoms with Gasteiger partial charge in [0.2, 0.25) is 0 Å². The van der Waals surface area contributed by atoms with Crippen LogP contribution in [0, 0.1) is 0 Å². The standard InChI is InChI=1S/C15H14ClNO3/c1-17(9-10-3-2-4-12(18)7-10)15(20)11-5-6-14(19)13(16)8-11/h2-8,18-19H,9H2,1H3. The van der Waals surface area contributed by atoms with Gasteiger partial charge in [-0.3, -0.25) is 4.79 Å². The molecule has 0 atom stereocenters. The summed E-state index contributed by atoms with van der Waals surface area (Å²) in [5.41, 5.74) is 1.22. The fourth-order valence-electron chi connectivity index (χ4n) is 1.86. The zero-order valence-electron chi connectivity index (χ0n) is 10.9. The van der Waals surface area contributed by atoms with E-state index in [2.05, 4.69) is 0 Å². The molecule has 0 aliphatic carbocycles. The molecule has 20 heavy (non-hydrogen) atoms. The second-order valence-corrected chi connectivity index (χ2v) is 4.90.